The van der Waals surface area contributed by atoms with Crippen LogP contribution in [0.4, 0.5) is 5.69 Å². The highest BCUT2D eigenvalue weighted by molar-refractivity contribution is 5.99. The van der Waals surface area contributed by atoms with Gasteiger partial charge < -0.3 is 19.7 Å². The number of aryl methyl sites for hydroxylation is 1. The molecule has 1 amide bonds. The minimum Gasteiger partial charge on any atom is -0.492 e. The number of nitrogens with zero attached hydrogens (tertiary/aromatic N) is 1. The van der Waals surface area contributed by atoms with Gasteiger partial charge in [-0.2, -0.15) is 0 Å². The molecule has 4 rings (SSSR count). The van der Waals surface area contributed by atoms with Crippen LogP contribution in [0.3, 0.4) is 0 Å². The molecule has 0 radical (unpaired) electrons. The number of anilines is 1. The van der Waals surface area contributed by atoms with Crippen LogP contribution < -0.4 is 19.7 Å². The molecule has 0 bridgehead atoms. The summed E-state index contributed by atoms with van der Waals surface area (Å²) in [5.41, 5.74) is 3.30. The lowest BCUT2D eigenvalue weighted by molar-refractivity contribution is -0.122. The smallest absolute Gasteiger partial charge is 0.268 e. The van der Waals surface area contributed by atoms with Crippen molar-refractivity contribution in [2.75, 3.05) is 31.6 Å². The lowest BCUT2D eigenvalue weighted by Gasteiger charge is -2.19. The summed E-state index contributed by atoms with van der Waals surface area (Å²) in [4.78, 5) is 14.7. The van der Waals surface area contributed by atoms with Crippen molar-refractivity contribution in [1.29, 1.82) is 0 Å². The Morgan fingerprint density at radius 2 is 1.89 bits per heavy atom. The Balaban J connectivity index is 1.38. The van der Waals surface area contributed by atoms with Crippen molar-refractivity contribution in [3.63, 3.8) is 0 Å². The first-order chi connectivity index (χ1) is 13.7. The standard InChI is InChI=1S/C23H28N2O3/c1-16-15-19(7-10-21(16)27-14-12-24-2)25-13-11-22(23(25)26)28-20-8-5-18(6-9-20)17-3-4-17/h5-10,15,17,22,24H,3-4,11-14H2,1-2H3/t22-/m0/s1. The molecule has 1 saturated carbocycles. The zero-order valence-electron chi connectivity index (χ0n) is 16.6. The van der Waals surface area contributed by atoms with Crippen molar-refractivity contribution >= 4 is 11.6 Å². The zero-order valence-corrected chi connectivity index (χ0v) is 16.6. The van der Waals surface area contributed by atoms with Crippen LogP contribution >= 0.6 is 0 Å². The summed E-state index contributed by atoms with van der Waals surface area (Å²) in [6, 6.07) is 14.1. The van der Waals surface area contributed by atoms with Gasteiger partial charge in [0.1, 0.15) is 18.1 Å². The summed E-state index contributed by atoms with van der Waals surface area (Å²) in [5, 5.41) is 3.06. The summed E-state index contributed by atoms with van der Waals surface area (Å²) in [7, 11) is 1.90. The lowest BCUT2D eigenvalue weighted by atomic mass is 10.1. The number of hydrogen-bond acceptors (Lipinski definition) is 4. The molecule has 28 heavy (non-hydrogen) atoms. The number of nitrogens with one attached hydrogen (secondary N) is 1. The summed E-state index contributed by atoms with van der Waals surface area (Å²) >= 11 is 0. The number of benzene rings is 2. The molecule has 1 aliphatic carbocycles. The fourth-order valence-corrected chi connectivity index (χ4v) is 3.65. The maximum absolute atomic E-state index is 12.9. The predicted molar refractivity (Wildman–Crippen MR) is 110 cm³/mol. The highest BCUT2D eigenvalue weighted by Crippen LogP contribution is 2.40. The number of likely N-dealkylation sites (N-methyl/N-ethyl adjacent to an activating group) is 1. The van der Waals surface area contributed by atoms with Gasteiger partial charge in [0, 0.05) is 25.2 Å². The highest BCUT2D eigenvalue weighted by atomic mass is 16.5. The maximum atomic E-state index is 12.9. The van der Waals surface area contributed by atoms with Crippen molar-refractivity contribution in [1.82, 2.24) is 5.32 Å². The molecule has 0 aromatic heterocycles. The third-order valence-electron chi connectivity index (χ3n) is 5.44. The molecule has 1 saturated heterocycles. The summed E-state index contributed by atoms with van der Waals surface area (Å²) < 4.78 is 11.8. The normalized spacial score (nSPS) is 19.1. The SMILES string of the molecule is CNCCOc1ccc(N2CC[C@H](Oc3ccc(C4CC4)cc3)C2=O)cc1C. The minimum atomic E-state index is -0.418. The average molecular weight is 380 g/mol. The molecule has 5 nitrogen and oxygen atoms in total. The zero-order chi connectivity index (χ0) is 19.5. The Kier molecular flexibility index (Phi) is 5.53. The molecule has 5 heteroatoms. The van der Waals surface area contributed by atoms with E-state index >= 15 is 0 Å². The van der Waals surface area contributed by atoms with Gasteiger partial charge in [-0.3, -0.25) is 4.79 Å². The molecule has 1 atom stereocenters. The van der Waals surface area contributed by atoms with Crippen molar-refractivity contribution in [3.05, 3.63) is 53.6 Å². The van der Waals surface area contributed by atoms with Gasteiger partial charge in [-0.05, 0) is 74.2 Å². The van der Waals surface area contributed by atoms with Crippen molar-refractivity contribution in [2.24, 2.45) is 0 Å². The van der Waals surface area contributed by atoms with Gasteiger partial charge in [-0.15, -0.1) is 0 Å². The van der Waals surface area contributed by atoms with E-state index in [2.05, 4.69) is 17.4 Å². The first-order valence-electron chi connectivity index (χ1n) is 10.1. The third kappa shape index (κ3) is 4.14. The molecular formula is C23H28N2O3. The van der Waals surface area contributed by atoms with E-state index in [1.807, 2.05) is 49.2 Å². The lowest BCUT2D eigenvalue weighted by Crippen LogP contribution is -2.32. The molecule has 148 valence electrons. The van der Waals surface area contributed by atoms with E-state index in [1.165, 1.54) is 18.4 Å². The molecule has 2 aromatic rings. The van der Waals surface area contributed by atoms with Crippen LogP contribution in [0.25, 0.3) is 0 Å². The summed E-state index contributed by atoms with van der Waals surface area (Å²) in [6.07, 6.45) is 2.85. The largest absolute Gasteiger partial charge is 0.492 e. The molecule has 0 spiro atoms. The van der Waals surface area contributed by atoms with E-state index in [0.717, 1.165) is 35.2 Å². The molecule has 2 fully saturated rings. The molecular weight excluding hydrogens is 352 g/mol. The van der Waals surface area contributed by atoms with E-state index < -0.39 is 6.10 Å². The average Bonchev–Trinajstić information content (AvgIpc) is 3.49. The molecule has 0 unspecified atom stereocenters. The van der Waals surface area contributed by atoms with Crippen molar-refractivity contribution in [2.45, 2.75) is 38.2 Å². The van der Waals surface area contributed by atoms with E-state index in [9.17, 15) is 4.79 Å². The van der Waals surface area contributed by atoms with Crippen LogP contribution in [0.5, 0.6) is 11.5 Å². The number of ether oxygens (including phenoxy) is 2. The number of hydrogen-bond donors (Lipinski definition) is 1. The predicted octanol–water partition coefficient (Wildman–Crippen LogP) is 3.65. The molecule has 1 heterocycles. The van der Waals surface area contributed by atoms with Crippen molar-refractivity contribution in [3.8, 4) is 11.5 Å². The van der Waals surface area contributed by atoms with E-state index in [1.54, 1.807) is 0 Å². The Labute approximate surface area is 166 Å². The van der Waals surface area contributed by atoms with E-state index in [-0.39, 0.29) is 5.91 Å². The number of amides is 1. The van der Waals surface area contributed by atoms with Crippen LogP contribution in [0.1, 0.15) is 36.3 Å². The number of carbonyl (C=O) groups excluding carboxylic acids is 1. The van der Waals surface area contributed by atoms with Crippen molar-refractivity contribution < 1.29 is 14.3 Å². The third-order valence-corrected chi connectivity index (χ3v) is 5.44. The van der Waals surface area contributed by atoms with E-state index in [4.69, 9.17) is 9.47 Å². The van der Waals surface area contributed by atoms with Crippen LogP contribution in [-0.4, -0.2) is 38.8 Å². The Morgan fingerprint density at radius 3 is 2.57 bits per heavy atom. The molecule has 2 aromatic carbocycles. The topological polar surface area (TPSA) is 50.8 Å². The second-order valence-electron chi connectivity index (χ2n) is 7.63. The van der Waals surface area contributed by atoms with Gasteiger partial charge in [0.05, 0.1) is 0 Å². The first-order valence-corrected chi connectivity index (χ1v) is 10.1. The summed E-state index contributed by atoms with van der Waals surface area (Å²) in [6.45, 7) is 4.10. The highest BCUT2D eigenvalue weighted by Gasteiger charge is 2.34. The minimum absolute atomic E-state index is 0.0227. The van der Waals surface area contributed by atoms with Crippen LogP contribution in [0.15, 0.2) is 42.5 Å². The van der Waals surface area contributed by atoms with Gasteiger partial charge in [0.2, 0.25) is 0 Å². The molecule has 1 aliphatic heterocycles. The van der Waals surface area contributed by atoms with E-state index in [0.29, 0.717) is 19.6 Å². The van der Waals surface area contributed by atoms with Gasteiger partial charge >= 0.3 is 0 Å². The Bertz CT molecular complexity index is 830. The Morgan fingerprint density at radius 1 is 1.11 bits per heavy atom. The van der Waals surface area contributed by atoms with Gasteiger partial charge in [-0.1, -0.05) is 12.1 Å². The maximum Gasteiger partial charge on any atom is 0.268 e. The molecule has 2 aliphatic rings. The summed E-state index contributed by atoms with van der Waals surface area (Å²) in [5.74, 6) is 2.38. The van der Waals surface area contributed by atoms with Gasteiger partial charge in [-0.25, -0.2) is 0 Å². The fourth-order valence-electron chi connectivity index (χ4n) is 3.65. The second kappa shape index (κ2) is 8.23. The first kappa shape index (κ1) is 18.8. The quantitative estimate of drug-likeness (QED) is 0.710. The van der Waals surface area contributed by atoms with Gasteiger partial charge in [0.25, 0.3) is 5.91 Å². The number of carbonyl (C=O) groups is 1. The monoisotopic (exact) mass is 380 g/mol. The van der Waals surface area contributed by atoms with Gasteiger partial charge in [0.15, 0.2) is 6.10 Å². The fraction of sp³-hybridized carbons (Fsp3) is 0.435. The van der Waals surface area contributed by atoms with Crippen LogP contribution in [0.2, 0.25) is 0 Å². The molecule has 1 N–H and O–H groups in total. The van der Waals surface area contributed by atoms with Crippen LogP contribution in [0, 0.1) is 6.92 Å². The number of rotatable bonds is 8. The van der Waals surface area contributed by atoms with Crippen LogP contribution in [-0.2, 0) is 4.79 Å². The second-order valence-corrected chi connectivity index (χ2v) is 7.63. The Hall–Kier alpha value is -2.53.